The van der Waals surface area contributed by atoms with Crippen LogP contribution in [0, 0.1) is 24.5 Å². The summed E-state index contributed by atoms with van der Waals surface area (Å²) in [5, 5.41) is 9.04. The van der Waals surface area contributed by atoms with Crippen LogP contribution in [-0.4, -0.2) is 16.7 Å². The third-order valence-corrected chi connectivity index (χ3v) is 4.77. The number of ether oxygens (including phenoxy) is 1. The second kappa shape index (κ2) is 8.41. The topological polar surface area (TPSA) is 42.4 Å². The van der Waals surface area contributed by atoms with E-state index in [-0.39, 0.29) is 24.9 Å². The number of hydrogen-bond acceptors (Lipinski definition) is 3. The van der Waals surface area contributed by atoms with Crippen molar-refractivity contribution in [3.05, 3.63) is 64.9 Å². The highest BCUT2D eigenvalue weighted by Crippen LogP contribution is 2.32. The summed E-state index contributed by atoms with van der Waals surface area (Å²) < 4.78 is 33.4. The van der Waals surface area contributed by atoms with Crippen molar-refractivity contribution in [2.75, 3.05) is 6.61 Å². The molecule has 3 nitrogen and oxygen atoms in total. The molecule has 1 aromatic heterocycles. The van der Waals surface area contributed by atoms with Crippen LogP contribution in [0.4, 0.5) is 8.78 Å². The molecule has 1 aromatic carbocycles. The summed E-state index contributed by atoms with van der Waals surface area (Å²) in [5.74, 6) is -0.549. The van der Waals surface area contributed by atoms with E-state index in [2.05, 4.69) is 11.1 Å². The molecule has 0 saturated heterocycles. The molecular weight excluding hydrogens is 336 g/mol. The van der Waals surface area contributed by atoms with Crippen LogP contribution < -0.4 is 4.74 Å². The van der Waals surface area contributed by atoms with E-state index in [1.165, 1.54) is 12.1 Å². The number of aliphatic hydroxyl groups is 1. The number of pyridine rings is 1. The number of halogens is 2. The van der Waals surface area contributed by atoms with Crippen LogP contribution in [0.2, 0.25) is 0 Å². The van der Waals surface area contributed by atoms with Crippen molar-refractivity contribution in [1.29, 1.82) is 0 Å². The van der Waals surface area contributed by atoms with Crippen LogP contribution in [0.25, 0.3) is 5.57 Å². The lowest BCUT2D eigenvalue weighted by molar-refractivity contribution is 0.251. The first kappa shape index (κ1) is 18.5. The van der Waals surface area contributed by atoms with Gasteiger partial charge in [0.05, 0.1) is 5.69 Å². The fourth-order valence-electron chi connectivity index (χ4n) is 3.18. The smallest absolute Gasteiger partial charge is 0.251 e. The third kappa shape index (κ3) is 4.47. The fourth-order valence-corrected chi connectivity index (χ4v) is 3.18. The third-order valence-electron chi connectivity index (χ3n) is 4.77. The molecule has 1 atom stereocenters. The predicted molar refractivity (Wildman–Crippen MR) is 96.7 cm³/mol. The van der Waals surface area contributed by atoms with E-state index in [1.807, 2.05) is 0 Å². The number of aliphatic hydroxyl groups excluding tert-OH is 1. The average Bonchev–Trinajstić information content (AvgIpc) is 2.63. The van der Waals surface area contributed by atoms with E-state index in [0.29, 0.717) is 17.2 Å². The predicted octanol–water partition coefficient (Wildman–Crippen LogP) is 4.81. The van der Waals surface area contributed by atoms with Gasteiger partial charge in [-0.3, -0.25) is 0 Å². The second-order valence-corrected chi connectivity index (χ2v) is 6.75. The lowest BCUT2D eigenvalue weighted by Crippen LogP contribution is -2.08. The van der Waals surface area contributed by atoms with Gasteiger partial charge in [-0.1, -0.05) is 18.2 Å². The molecule has 0 fully saturated rings. The summed E-state index contributed by atoms with van der Waals surface area (Å²) in [7, 11) is 0. The van der Waals surface area contributed by atoms with Crippen molar-refractivity contribution < 1.29 is 18.6 Å². The van der Waals surface area contributed by atoms with Gasteiger partial charge >= 0.3 is 0 Å². The highest BCUT2D eigenvalue weighted by atomic mass is 19.1. The Balaban J connectivity index is 1.72. The summed E-state index contributed by atoms with van der Waals surface area (Å²) in [6.45, 7) is 1.94. The molecule has 5 heteroatoms. The minimum atomic E-state index is -0.559. The molecule has 138 valence electrons. The maximum absolute atomic E-state index is 14.0. The minimum Gasteiger partial charge on any atom is -0.471 e. The van der Waals surface area contributed by atoms with Gasteiger partial charge in [0.25, 0.3) is 5.88 Å². The molecule has 0 radical (unpaired) electrons. The monoisotopic (exact) mass is 359 g/mol. The molecule has 1 heterocycles. The molecule has 0 saturated carbocycles. The zero-order valence-corrected chi connectivity index (χ0v) is 14.8. The van der Waals surface area contributed by atoms with Crippen molar-refractivity contribution >= 4 is 5.57 Å². The van der Waals surface area contributed by atoms with E-state index < -0.39 is 5.82 Å². The number of allylic oxidation sites excluding steroid dienone is 2. The van der Waals surface area contributed by atoms with Crippen molar-refractivity contribution in [1.82, 2.24) is 4.98 Å². The van der Waals surface area contributed by atoms with E-state index in [0.717, 1.165) is 36.8 Å². The molecule has 2 aromatic rings. The molecule has 0 spiro atoms. The highest BCUT2D eigenvalue weighted by Gasteiger charge is 2.17. The first-order valence-corrected chi connectivity index (χ1v) is 8.91. The Morgan fingerprint density at radius 3 is 2.73 bits per heavy atom. The van der Waals surface area contributed by atoms with Gasteiger partial charge < -0.3 is 9.84 Å². The van der Waals surface area contributed by atoms with Gasteiger partial charge in [0.2, 0.25) is 0 Å². The largest absolute Gasteiger partial charge is 0.471 e. The number of hydrogen-bond donors (Lipinski definition) is 1. The average molecular weight is 359 g/mol. The van der Waals surface area contributed by atoms with Gasteiger partial charge in [-0.15, -0.1) is 0 Å². The van der Waals surface area contributed by atoms with Crippen LogP contribution in [-0.2, 0) is 6.61 Å². The maximum Gasteiger partial charge on any atom is 0.251 e. The fraction of sp³-hybridized carbons (Fsp3) is 0.381. The van der Waals surface area contributed by atoms with E-state index >= 15 is 0 Å². The van der Waals surface area contributed by atoms with Gasteiger partial charge in [0.1, 0.15) is 12.4 Å². The van der Waals surface area contributed by atoms with Gasteiger partial charge in [-0.25, -0.2) is 13.8 Å². The molecule has 0 aliphatic heterocycles. The van der Waals surface area contributed by atoms with Crippen molar-refractivity contribution in [3.8, 4) is 5.88 Å². The van der Waals surface area contributed by atoms with Crippen LogP contribution in [0.1, 0.15) is 42.5 Å². The number of rotatable bonds is 6. The van der Waals surface area contributed by atoms with Gasteiger partial charge in [0, 0.05) is 12.2 Å². The summed E-state index contributed by atoms with van der Waals surface area (Å²) in [6, 6.07) is 7.83. The Labute approximate surface area is 152 Å². The summed E-state index contributed by atoms with van der Waals surface area (Å²) in [6.07, 6.45) is 5.62. The Hall–Kier alpha value is -2.27. The van der Waals surface area contributed by atoms with Crippen LogP contribution >= 0.6 is 0 Å². The van der Waals surface area contributed by atoms with Crippen molar-refractivity contribution in [2.24, 2.45) is 5.92 Å². The van der Waals surface area contributed by atoms with Crippen molar-refractivity contribution in [2.45, 2.75) is 39.2 Å². The summed E-state index contributed by atoms with van der Waals surface area (Å²) in [5.41, 5.74) is 2.94. The quantitative estimate of drug-likeness (QED) is 0.805. The normalized spacial score (nSPS) is 17.1. The molecular formula is C21H23F2NO2. The summed E-state index contributed by atoms with van der Waals surface area (Å²) >= 11 is 0. The van der Waals surface area contributed by atoms with E-state index in [9.17, 15) is 8.78 Å². The second-order valence-electron chi connectivity index (χ2n) is 6.75. The molecule has 1 unspecified atom stereocenters. The zero-order valence-electron chi connectivity index (χ0n) is 14.8. The number of aryl methyl sites for hydroxylation is 1. The number of nitrogens with zero attached hydrogens (tertiary/aromatic N) is 1. The first-order chi connectivity index (χ1) is 12.6. The number of benzene rings is 1. The Bertz CT molecular complexity index is 805. The highest BCUT2D eigenvalue weighted by molar-refractivity contribution is 5.63. The summed E-state index contributed by atoms with van der Waals surface area (Å²) in [4.78, 5) is 4.29. The maximum atomic E-state index is 14.0. The van der Waals surface area contributed by atoms with Crippen LogP contribution in [0.15, 0.2) is 36.4 Å². The van der Waals surface area contributed by atoms with Crippen LogP contribution in [0.5, 0.6) is 5.88 Å². The Morgan fingerprint density at radius 1 is 1.19 bits per heavy atom. The molecule has 1 aliphatic rings. The molecule has 1 N–H and O–H groups in total. The number of aromatic nitrogens is 1. The van der Waals surface area contributed by atoms with Crippen LogP contribution in [0.3, 0.4) is 0 Å². The molecule has 1 aliphatic carbocycles. The lowest BCUT2D eigenvalue weighted by Gasteiger charge is -2.21. The molecule has 26 heavy (non-hydrogen) atoms. The first-order valence-electron chi connectivity index (χ1n) is 8.91. The van der Waals surface area contributed by atoms with E-state index in [1.54, 1.807) is 25.1 Å². The Morgan fingerprint density at radius 2 is 2.04 bits per heavy atom. The lowest BCUT2D eigenvalue weighted by atomic mass is 9.86. The molecule has 0 amide bonds. The van der Waals surface area contributed by atoms with Gasteiger partial charge in [-0.2, -0.15) is 0 Å². The van der Waals surface area contributed by atoms with Gasteiger partial charge in [-0.05, 0) is 67.9 Å². The molecule has 3 rings (SSSR count). The van der Waals surface area contributed by atoms with Gasteiger partial charge in [0.15, 0.2) is 5.82 Å². The van der Waals surface area contributed by atoms with Crippen molar-refractivity contribution in [3.63, 3.8) is 0 Å². The van der Waals surface area contributed by atoms with E-state index in [4.69, 9.17) is 9.84 Å². The zero-order chi connectivity index (χ0) is 18.5. The molecule has 0 bridgehead atoms. The standard InChI is InChI=1S/C21H23F2NO2/c1-14-2-5-17(19(23)12-14)13-26-21-18(22)8-9-20(24-21)16-6-3-15(4-7-16)10-11-25/h2,5-6,8-9,12,15,25H,3-4,7,10-11,13H2,1H3. The minimum absolute atomic E-state index is 0.0723. The Kier molecular flexibility index (Phi) is 5.99. The SMILES string of the molecule is Cc1ccc(COc2nc(C3=CCC(CCO)CC3)ccc2F)c(F)c1.